The molecule has 5 heteroatoms. The van der Waals surface area contributed by atoms with Gasteiger partial charge in [0.25, 0.3) is 0 Å². The molecule has 0 atom stereocenters. The average Bonchev–Trinajstić information content (AvgIpc) is 2.89. The molecular weight excluding hydrogens is 262 g/mol. The molecular formula is C14H15NO3S. The molecule has 1 heterocycles. The normalized spacial score (nSPS) is 10.3. The summed E-state index contributed by atoms with van der Waals surface area (Å²) >= 11 is 1.42. The quantitative estimate of drug-likeness (QED) is 0.804. The van der Waals surface area contributed by atoms with Crippen LogP contribution in [0.2, 0.25) is 0 Å². The Bertz CT molecular complexity index is 592. The molecule has 1 aromatic carbocycles. The van der Waals surface area contributed by atoms with Gasteiger partial charge in [0.15, 0.2) is 5.69 Å². The number of aryl methyl sites for hydroxylation is 1. The van der Waals surface area contributed by atoms with Crippen LogP contribution in [0, 0.1) is 6.92 Å². The van der Waals surface area contributed by atoms with E-state index < -0.39 is 0 Å². The number of carbonyl (C=O) groups excluding carboxylic acids is 1. The molecule has 1 aromatic heterocycles. The number of benzene rings is 1. The summed E-state index contributed by atoms with van der Waals surface area (Å²) in [6.07, 6.45) is 0. The molecule has 2 rings (SSSR count). The van der Waals surface area contributed by atoms with E-state index in [1.54, 1.807) is 19.4 Å². The van der Waals surface area contributed by atoms with E-state index in [1.807, 2.05) is 25.1 Å². The first-order valence-electron chi connectivity index (χ1n) is 5.93. The van der Waals surface area contributed by atoms with Gasteiger partial charge in [0, 0.05) is 10.9 Å². The van der Waals surface area contributed by atoms with Gasteiger partial charge in [0.2, 0.25) is 0 Å². The van der Waals surface area contributed by atoms with Crippen molar-refractivity contribution in [2.45, 2.75) is 13.8 Å². The van der Waals surface area contributed by atoms with Crippen LogP contribution in [0.1, 0.15) is 23.0 Å². The average molecular weight is 277 g/mol. The van der Waals surface area contributed by atoms with E-state index in [4.69, 9.17) is 9.47 Å². The second-order valence-corrected chi connectivity index (χ2v) is 4.80. The fraction of sp³-hybridized carbons (Fsp3) is 0.286. The van der Waals surface area contributed by atoms with Gasteiger partial charge < -0.3 is 9.47 Å². The fourth-order valence-electron chi connectivity index (χ4n) is 1.65. The van der Waals surface area contributed by atoms with Crippen LogP contribution in [0.3, 0.4) is 0 Å². The van der Waals surface area contributed by atoms with Crippen LogP contribution in [-0.4, -0.2) is 24.7 Å². The van der Waals surface area contributed by atoms with E-state index in [0.29, 0.717) is 12.3 Å². The lowest BCUT2D eigenvalue weighted by atomic mass is 10.1. The number of nitrogens with zero attached hydrogens (tertiary/aromatic N) is 1. The van der Waals surface area contributed by atoms with Crippen LogP contribution in [0.4, 0.5) is 0 Å². The number of aromatic nitrogens is 1. The molecule has 4 nitrogen and oxygen atoms in total. The fourth-order valence-corrected chi connectivity index (χ4v) is 2.52. The van der Waals surface area contributed by atoms with Crippen molar-refractivity contribution in [1.82, 2.24) is 4.98 Å². The third-order valence-electron chi connectivity index (χ3n) is 2.66. The summed E-state index contributed by atoms with van der Waals surface area (Å²) in [4.78, 5) is 15.9. The number of carbonyl (C=O) groups is 1. The first kappa shape index (κ1) is 13.5. The Kier molecular flexibility index (Phi) is 4.16. The molecule has 0 amide bonds. The highest BCUT2D eigenvalue weighted by molar-refractivity contribution is 7.13. The van der Waals surface area contributed by atoms with Gasteiger partial charge >= 0.3 is 5.97 Å². The summed E-state index contributed by atoms with van der Waals surface area (Å²) in [5.41, 5.74) is 2.41. The van der Waals surface area contributed by atoms with Crippen molar-refractivity contribution in [3.63, 3.8) is 0 Å². The molecule has 0 aliphatic rings. The summed E-state index contributed by atoms with van der Waals surface area (Å²) in [5, 5.41) is 2.51. The number of rotatable bonds is 4. The lowest BCUT2D eigenvalue weighted by Gasteiger charge is -2.05. The summed E-state index contributed by atoms with van der Waals surface area (Å²) < 4.78 is 10.1. The predicted octanol–water partition coefficient (Wildman–Crippen LogP) is 3.30. The summed E-state index contributed by atoms with van der Waals surface area (Å²) in [6, 6.07) is 5.79. The Morgan fingerprint density at radius 3 is 2.89 bits per heavy atom. The zero-order valence-electron chi connectivity index (χ0n) is 11.1. The number of thiazole rings is 1. The third kappa shape index (κ3) is 2.93. The van der Waals surface area contributed by atoms with Gasteiger partial charge in [-0.15, -0.1) is 11.3 Å². The van der Waals surface area contributed by atoms with E-state index >= 15 is 0 Å². The number of methoxy groups -OCH3 is 1. The largest absolute Gasteiger partial charge is 0.497 e. The van der Waals surface area contributed by atoms with Crippen LogP contribution in [0.5, 0.6) is 5.75 Å². The summed E-state index contributed by atoms with van der Waals surface area (Å²) in [6.45, 7) is 4.13. The molecule has 0 aliphatic heterocycles. The van der Waals surface area contributed by atoms with Crippen LogP contribution >= 0.6 is 11.3 Å². The molecule has 0 bridgehead atoms. The van der Waals surface area contributed by atoms with Crippen molar-refractivity contribution < 1.29 is 14.3 Å². The van der Waals surface area contributed by atoms with Crippen LogP contribution < -0.4 is 4.74 Å². The number of hydrogen-bond acceptors (Lipinski definition) is 5. The van der Waals surface area contributed by atoms with E-state index in [-0.39, 0.29) is 5.97 Å². The number of ether oxygens (including phenoxy) is 2. The Labute approximate surface area is 116 Å². The zero-order chi connectivity index (χ0) is 13.8. The number of esters is 1. The summed E-state index contributed by atoms with van der Waals surface area (Å²) in [7, 11) is 1.63. The highest BCUT2D eigenvalue weighted by Crippen LogP contribution is 2.30. The topological polar surface area (TPSA) is 48.4 Å². The van der Waals surface area contributed by atoms with Gasteiger partial charge in [-0.3, -0.25) is 0 Å². The van der Waals surface area contributed by atoms with E-state index in [0.717, 1.165) is 21.9 Å². The SMILES string of the molecule is CCOC(=O)c1csc(-c2cc(OC)ccc2C)n1. The van der Waals surface area contributed by atoms with Crippen LogP contribution in [-0.2, 0) is 4.74 Å². The Morgan fingerprint density at radius 1 is 1.42 bits per heavy atom. The minimum Gasteiger partial charge on any atom is -0.497 e. The lowest BCUT2D eigenvalue weighted by Crippen LogP contribution is -2.04. The summed E-state index contributed by atoms with van der Waals surface area (Å²) in [5.74, 6) is 0.388. The smallest absolute Gasteiger partial charge is 0.357 e. The lowest BCUT2D eigenvalue weighted by molar-refractivity contribution is 0.0520. The monoisotopic (exact) mass is 277 g/mol. The molecule has 0 unspecified atom stereocenters. The van der Waals surface area contributed by atoms with Gasteiger partial charge in [0.05, 0.1) is 13.7 Å². The van der Waals surface area contributed by atoms with E-state index in [9.17, 15) is 4.79 Å². The first-order valence-corrected chi connectivity index (χ1v) is 6.81. The zero-order valence-corrected chi connectivity index (χ0v) is 11.9. The van der Waals surface area contributed by atoms with Gasteiger partial charge in [-0.2, -0.15) is 0 Å². The minimum absolute atomic E-state index is 0.351. The van der Waals surface area contributed by atoms with Crippen LogP contribution in [0.15, 0.2) is 23.6 Å². The highest BCUT2D eigenvalue weighted by Gasteiger charge is 2.14. The number of hydrogen-bond donors (Lipinski definition) is 0. The van der Waals surface area contributed by atoms with E-state index in [1.165, 1.54) is 11.3 Å². The Balaban J connectivity index is 2.34. The molecule has 0 fully saturated rings. The van der Waals surface area contributed by atoms with Crippen molar-refractivity contribution in [2.75, 3.05) is 13.7 Å². The molecule has 0 radical (unpaired) electrons. The molecule has 0 aliphatic carbocycles. The minimum atomic E-state index is -0.384. The highest BCUT2D eigenvalue weighted by atomic mass is 32.1. The Hall–Kier alpha value is -1.88. The van der Waals surface area contributed by atoms with Gasteiger partial charge in [-0.1, -0.05) is 6.07 Å². The predicted molar refractivity (Wildman–Crippen MR) is 74.8 cm³/mol. The molecule has 0 spiro atoms. The maximum Gasteiger partial charge on any atom is 0.357 e. The van der Waals surface area contributed by atoms with Crippen molar-refractivity contribution in [3.8, 4) is 16.3 Å². The first-order chi connectivity index (χ1) is 9.15. The van der Waals surface area contributed by atoms with Crippen molar-refractivity contribution in [2.24, 2.45) is 0 Å². The molecule has 0 saturated heterocycles. The maximum absolute atomic E-state index is 11.6. The van der Waals surface area contributed by atoms with Gasteiger partial charge in [0.1, 0.15) is 10.8 Å². The second kappa shape index (κ2) is 5.84. The van der Waals surface area contributed by atoms with Crippen molar-refractivity contribution >= 4 is 17.3 Å². The molecule has 100 valence electrons. The van der Waals surface area contributed by atoms with Gasteiger partial charge in [-0.05, 0) is 31.5 Å². The molecule has 0 N–H and O–H groups in total. The van der Waals surface area contributed by atoms with Gasteiger partial charge in [-0.25, -0.2) is 9.78 Å². The molecule has 2 aromatic rings. The Morgan fingerprint density at radius 2 is 2.21 bits per heavy atom. The third-order valence-corrected chi connectivity index (χ3v) is 3.54. The maximum atomic E-state index is 11.6. The molecule has 19 heavy (non-hydrogen) atoms. The van der Waals surface area contributed by atoms with Crippen molar-refractivity contribution in [3.05, 3.63) is 34.8 Å². The standard InChI is InChI=1S/C14H15NO3S/c1-4-18-14(16)12-8-19-13(15-12)11-7-10(17-3)6-5-9(11)2/h5-8H,4H2,1-3H3. The van der Waals surface area contributed by atoms with Crippen molar-refractivity contribution in [1.29, 1.82) is 0 Å². The molecule has 0 saturated carbocycles. The van der Waals surface area contributed by atoms with E-state index in [2.05, 4.69) is 4.98 Å². The van der Waals surface area contributed by atoms with Crippen LogP contribution in [0.25, 0.3) is 10.6 Å². The second-order valence-electron chi connectivity index (χ2n) is 3.94.